The molecule has 0 aromatic heterocycles. The van der Waals surface area contributed by atoms with E-state index in [-0.39, 0.29) is 9.92 Å². The normalized spacial score (nSPS) is 11.4. The summed E-state index contributed by atoms with van der Waals surface area (Å²) >= 11 is 11.6. The van der Waals surface area contributed by atoms with E-state index in [1.807, 2.05) is 0 Å². The Morgan fingerprint density at radius 3 is 2.40 bits per heavy atom. The second kappa shape index (κ2) is 5.60. The first kappa shape index (κ1) is 15.1. The summed E-state index contributed by atoms with van der Waals surface area (Å²) in [5.74, 6) is -0.600. The van der Waals surface area contributed by atoms with Crippen molar-refractivity contribution in [2.45, 2.75) is 11.8 Å². The smallest absolute Gasteiger partial charge is 0.263 e. The standard InChI is InChI=1S/C13H10Cl2FNO2S/c1-8-6-9(14)2-4-12(8)17-20(18,19)13-5-3-10(16)7-11(13)15/h2-7,17H,1H3. The molecule has 0 bridgehead atoms. The lowest BCUT2D eigenvalue weighted by molar-refractivity contribution is 0.599. The highest BCUT2D eigenvalue weighted by Gasteiger charge is 2.19. The molecule has 1 N–H and O–H groups in total. The number of halogens is 3. The zero-order chi connectivity index (χ0) is 14.9. The topological polar surface area (TPSA) is 46.2 Å². The highest BCUT2D eigenvalue weighted by Crippen LogP contribution is 2.26. The summed E-state index contributed by atoms with van der Waals surface area (Å²) in [5, 5.41) is 0.328. The van der Waals surface area contributed by atoms with E-state index >= 15 is 0 Å². The van der Waals surface area contributed by atoms with Gasteiger partial charge in [-0.05, 0) is 48.9 Å². The van der Waals surface area contributed by atoms with E-state index in [0.717, 1.165) is 18.2 Å². The van der Waals surface area contributed by atoms with Crippen LogP contribution in [0.25, 0.3) is 0 Å². The van der Waals surface area contributed by atoms with Gasteiger partial charge in [0.25, 0.3) is 10.0 Å². The minimum Gasteiger partial charge on any atom is -0.279 e. The zero-order valence-corrected chi connectivity index (χ0v) is 12.7. The van der Waals surface area contributed by atoms with Crippen LogP contribution < -0.4 is 4.72 Å². The van der Waals surface area contributed by atoms with E-state index < -0.39 is 15.8 Å². The SMILES string of the molecule is Cc1cc(Cl)ccc1NS(=O)(=O)c1ccc(F)cc1Cl. The highest BCUT2D eigenvalue weighted by atomic mass is 35.5. The van der Waals surface area contributed by atoms with Gasteiger partial charge >= 0.3 is 0 Å². The lowest BCUT2D eigenvalue weighted by Crippen LogP contribution is -2.14. The fourth-order valence-electron chi connectivity index (χ4n) is 1.63. The number of hydrogen-bond donors (Lipinski definition) is 1. The summed E-state index contributed by atoms with van der Waals surface area (Å²) in [7, 11) is -3.89. The minimum absolute atomic E-state index is 0.177. The largest absolute Gasteiger partial charge is 0.279 e. The molecular weight excluding hydrogens is 324 g/mol. The lowest BCUT2D eigenvalue weighted by atomic mass is 10.2. The molecule has 0 radical (unpaired) electrons. The molecule has 0 aliphatic carbocycles. The average molecular weight is 334 g/mol. The molecule has 0 amide bonds. The van der Waals surface area contributed by atoms with Crippen LogP contribution in [0.3, 0.4) is 0 Å². The minimum atomic E-state index is -3.89. The van der Waals surface area contributed by atoms with Crippen LogP contribution in [0.5, 0.6) is 0 Å². The van der Waals surface area contributed by atoms with E-state index in [4.69, 9.17) is 23.2 Å². The first-order chi connectivity index (χ1) is 9.29. The summed E-state index contributed by atoms with van der Waals surface area (Å²) in [5.41, 5.74) is 1.05. The molecule has 7 heteroatoms. The van der Waals surface area contributed by atoms with Crippen molar-refractivity contribution in [2.24, 2.45) is 0 Å². The Bertz CT molecular complexity index is 763. The van der Waals surface area contributed by atoms with E-state index in [1.165, 1.54) is 0 Å². The molecule has 0 aliphatic rings. The van der Waals surface area contributed by atoms with E-state index in [2.05, 4.69) is 4.72 Å². The van der Waals surface area contributed by atoms with Crippen LogP contribution in [0.2, 0.25) is 10.0 Å². The number of anilines is 1. The van der Waals surface area contributed by atoms with Crippen LogP contribution >= 0.6 is 23.2 Å². The molecule has 3 nitrogen and oxygen atoms in total. The first-order valence-corrected chi connectivity index (χ1v) is 7.77. The molecule has 0 fully saturated rings. The van der Waals surface area contributed by atoms with Gasteiger partial charge in [-0.15, -0.1) is 0 Å². The Morgan fingerprint density at radius 2 is 1.80 bits per heavy atom. The molecule has 2 rings (SSSR count). The van der Waals surface area contributed by atoms with Crippen molar-refractivity contribution in [3.8, 4) is 0 Å². The van der Waals surface area contributed by atoms with E-state index in [0.29, 0.717) is 16.3 Å². The van der Waals surface area contributed by atoms with Gasteiger partial charge in [-0.3, -0.25) is 4.72 Å². The number of hydrogen-bond acceptors (Lipinski definition) is 2. The number of nitrogens with one attached hydrogen (secondary N) is 1. The van der Waals surface area contributed by atoms with Gasteiger partial charge in [0.1, 0.15) is 10.7 Å². The number of benzene rings is 2. The predicted molar refractivity (Wildman–Crippen MR) is 78.4 cm³/mol. The van der Waals surface area contributed by atoms with Crippen molar-refractivity contribution in [2.75, 3.05) is 4.72 Å². The van der Waals surface area contributed by atoms with Crippen molar-refractivity contribution in [1.29, 1.82) is 0 Å². The van der Waals surface area contributed by atoms with Crippen LogP contribution in [0.1, 0.15) is 5.56 Å². The Kier molecular flexibility index (Phi) is 4.22. The average Bonchev–Trinajstić information content (AvgIpc) is 2.32. The first-order valence-electron chi connectivity index (χ1n) is 5.53. The van der Waals surface area contributed by atoms with Crippen LogP contribution in [-0.2, 0) is 10.0 Å². The predicted octanol–water partition coefficient (Wildman–Crippen LogP) is 4.24. The van der Waals surface area contributed by atoms with Crippen LogP contribution in [0.15, 0.2) is 41.3 Å². The van der Waals surface area contributed by atoms with Gasteiger partial charge in [0, 0.05) is 5.02 Å². The number of aryl methyl sites for hydroxylation is 1. The monoisotopic (exact) mass is 333 g/mol. The molecule has 0 heterocycles. The van der Waals surface area contributed by atoms with Crippen molar-refractivity contribution in [1.82, 2.24) is 0 Å². The Balaban J connectivity index is 2.41. The maximum atomic E-state index is 13.0. The van der Waals surface area contributed by atoms with Gasteiger partial charge in [-0.25, -0.2) is 12.8 Å². The van der Waals surface area contributed by atoms with Crippen molar-refractivity contribution < 1.29 is 12.8 Å². The molecule has 106 valence electrons. The van der Waals surface area contributed by atoms with Crippen molar-refractivity contribution in [3.05, 3.63) is 57.8 Å². The molecule has 0 aliphatic heterocycles. The third-order valence-electron chi connectivity index (χ3n) is 2.62. The number of sulfonamides is 1. The maximum absolute atomic E-state index is 13.0. The van der Waals surface area contributed by atoms with E-state index in [1.54, 1.807) is 25.1 Å². The quantitative estimate of drug-likeness (QED) is 0.912. The molecule has 2 aromatic rings. The lowest BCUT2D eigenvalue weighted by Gasteiger charge is -2.11. The summed E-state index contributed by atoms with van der Waals surface area (Å²) in [6.45, 7) is 1.72. The second-order valence-electron chi connectivity index (χ2n) is 4.14. The van der Waals surface area contributed by atoms with Gasteiger partial charge < -0.3 is 0 Å². The van der Waals surface area contributed by atoms with Gasteiger partial charge in [0.15, 0.2) is 0 Å². The molecule has 2 aromatic carbocycles. The second-order valence-corrected chi connectivity index (χ2v) is 6.63. The molecule has 0 saturated heterocycles. The molecule has 0 atom stereocenters. The Hall–Kier alpha value is -1.30. The van der Waals surface area contributed by atoms with Gasteiger partial charge in [0.05, 0.1) is 10.7 Å². The summed E-state index contributed by atoms with van der Waals surface area (Å²) < 4.78 is 39.8. The van der Waals surface area contributed by atoms with Crippen LogP contribution in [-0.4, -0.2) is 8.42 Å². The van der Waals surface area contributed by atoms with Crippen molar-refractivity contribution in [3.63, 3.8) is 0 Å². The molecule has 0 spiro atoms. The molecule has 20 heavy (non-hydrogen) atoms. The van der Waals surface area contributed by atoms with E-state index in [9.17, 15) is 12.8 Å². The maximum Gasteiger partial charge on any atom is 0.263 e. The summed E-state index contributed by atoms with van der Waals surface area (Å²) in [6.07, 6.45) is 0. The Morgan fingerprint density at radius 1 is 1.10 bits per heavy atom. The fourth-order valence-corrected chi connectivity index (χ4v) is 3.52. The molecule has 0 unspecified atom stereocenters. The van der Waals surface area contributed by atoms with Crippen LogP contribution in [0, 0.1) is 12.7 Å². The molecule has 0 saturated carbocycles. The van der Waals surface area contributed by atoms with Crippen LogP contribution in [0.4, 0.5) is 10.1 Å². The highest BCUT2D eigenvalue weighted by molar-refractivity contribution is 7.92. The third kappa shape index (κ3) is 3.23. The third-order valence-corrected chi connectivity index (χ3v) is 4.70. The van der Waals surface area contributed by atoms with Gasteiger partial charge in [0.2, 0.25) is 0 Å². The Labute approximate surface area is 126 Å². The summed E-state index contributed by atoms with van der Waals surface area (Å²) in [6, 6.07) is 7.85. The van der Waals surface area contributed by atoms with Crippen molar-refractivity contribution >= 4 is 38.9 Å². The molecular formula is C13H10Cl2FNO2S. The zero-order valence-electron chi connectivity index (χ0n) is 10.3. The fraction of sp³-hybridized carbons (Fsp3) is 0.0769. The number of rotatable bonds is 3. The van der Waals surface area contributed by atoms with Gasteiger partial charge in [-0.2, -0.15) is 0 Å². The summed E-state index contributed by atoms with van der Waals surface area (Å²) in [4.78, 5) is -0.185. The van der Waals surface area contributed by atoms with Gasteiger partial charge in [-0.1, -0.05) is 23.2 Å².